The Morgan fingerprint density at radius 3 is 2.67 bits per heavy atom. The van der Waals surface area contributed by atoms with Crippen LogP contribution in [-0.2, 0) is 0 Å². The molecule has 110 valence electrons. The minimum atomic E-state index is -0.411. The third kappa shape index (κ3) is 3.78. The average Bonchev–Trinajstić information content (AvgIpc) is 2.86. The van der Waals surface area contributed by atoms with Gasteiger partial charge in [0, 0.05) is 6.42 Å². The van der Waals surface area contributed by atoms with Crippen molar-refractivity contribution in [1.82, 2.24) is 0 Å². The highest BCUT2D eigenvalue weighted by Gasteiger charge is 2.15. The van der Waals surface area contributed by atoms with Gasteiger partial charge in [0.25, 0.3) is 0 Å². The van der Waals surface area contributed by atoms with Gasteiger partial charge in [0.1, 0.15) is 17.3 Å². The first-order valence-corrected chi connectivity index (χ1v) is 6.67. The summed E-state index contributed by atoms with van der Waals surface area (Å²) in [5.74, 6) is 0.480. The fraction of sp³-hybridized carbons (Fsp3) is 0.250. The summed E-state index contributed by atoms with van der Waals surface area (Å²) in [6.45, 7) is 3.81. The topological polar surface area (TPSA) is 56.3 Å². The van der Waals surface area contributed by atoms with Gasteiger partial charge in [-0.3, -0.25) is 10.1 Å². The maximum absolute atomic E-state index is 13.7. The Labute approximate surface area is 122 Å². The van der Waals surface area contributed by atoms with Gasteiger partial charge in [-0.05, 0) is 30.2 Å². The lowest BCUT2D eigenvalue weighted by atomic mass is 10.1. The van der Waals surface area contributed by atoms with Gasteiger partial charge in [0.2, 0.25) is 5.70 Å². The molecule has 0 aliphatic rings. The van der Waals surface area contributed by atoms with Crippen molar-refractivity contribution in [1.29, 1.82) is 0 Å². The van der Waals surface area contributed by atoms with Crippen molar-refractivity contribution in [2.24, 2.45) is 5.92 Å². The monoisotopic (exact) mass is 289 g/mol. The van der Waals surface area contributed by atoms with E-state index in [4.69, 9.17) is 4.42 Å². The second kappa shape index (κ2) is 6.35. The van der Waals surface area contributed by atoms with E-state index in [9.17, 15) is 14.5 Å². The number of nitro groups is 1. The number of nitrogens with zero attached hydrogens (tertiary/aromatic N) is 1. The molecule has 1 heterocycles. The minimum absolute atomic E-state index is 0.0828. The van der Waals surface area contributed by atoms with Gasteiger partial charge in [-0.2, -0.15) is 0 Å². The number of benzene rings is 1. The minimum Gasteiger partial charge on any atom is -0.456 e. The van der Waals surface area contributed by atoms with Gasteiger partial charge in [-0.15, -0.1) is 0 Å². The maximum Gasteiger partial charge on any atom is 0.250 e. The highest BCUT2D eigenvalue weighted by molar-refractivity contribution is 5.60. The van der Waals surface area contributed by atoms with Gasteiger partial charge < -0.3 is 4.42 Å². The van der Waals surface area contributed by atoms with Crippen molar-refractivity contribution in [3.8, 4) is 11.3 Å². The zero-order chi connectivity index (χ0) is 15.4. The van der Waals surface area contributed by atoms with Gasteiger partial charge in [0.05, 0.1) is 16.6 Å². The molecule has 2 rings (SSSR count). The second-order valence-electron chi connectivity index (χ2n) is 5.17. The number of hydrogen-bond donors (Lipinski definition) is 0. The lowest BCUT2D eigenvalue weighted by Gasteiger charge is -2.01. The third-order valence-electron chi connectivity index (χ3n) is 2.93. The van der Waals surface area contributed by atoms with Gasteiger partial charge >= 0.3 is 0 Å². The first-order chi connectivity index (χ1) is 9.97. The quantitative estimate of drug-likeness (QED) is 0.589. The average molecular weight is 289 g/mol. The molecule has 0 radical (unpaired) electrons. The zero-order valence-electron chi connectivity index (χ0n) is 11.9. The summed E-state index contributed by atoms with van der Waals surface area (Å²) in [6, 6.07) is 9.45. The summed E-state index contributed by atoms with van der Waals surface area (Å²) in [5, 5.41) is 11.0. The Bertz CT molecular complexity index is 674. The van der Waals surface area contributed by atoms with Gasteiger partial charge in [0.15, 0.2) is 0 Å². The summed E-state index contributed by atoms with van der Waals surface area (Å²) < 4.78 is 19.2. The van der Waals surface area contributed by atoms with E-state index < -0.39 is 4.92 Å². The largest absolute Gasteiger partial charge is 0.456 e. The van der Waals surface area contributed by atoms with Crippen LogP contribution in [0, 0.1) is 21.8 Å². The molecule has 4 nitrogen and oxygen atoms in total. The van der Waals surface area contributed by atoms with E-state index in [0.29, 0.717) is 23.5 Å². The third-order valence-corrected chi connectivity index (χ3v) is 2.93. The lowest BCUT2D eigenvalue weighted by Crippen LogP contribution is -2.02. The molecular formula is C16H16FNO3. The van der Waals surface area contributed by atoms with E-state index in [2.05, 4.69) is 0 Å². The van der Waals surface area contributed by atoms with Gasteiger partial charge in [-0.25, -0.2) is 4.39 Å². The predicted molar refractivity (Wildman–Crippen MR) is 78.5 cm³/mol. The summed E-state index contributed by atoms with van der Waals surface area (Å²) in [4.78, 5) is 10.6. The highest BCUT2D eigenvalue weighted by atomic mass is 19.1. The Balaban J connectivity index is 2.31. The molecule has 0 saturated carbocycles. The van der Waals surface area contributed by atoms with Crippen molar-refractivity contribution in [2.45, 2.75) is 20.3 Å². The van der Waals surface area contributed by atoms with Crippen molar-refractivity contribution >= 4 is 6.08 Å². The Kier molecular flexibility index (Phi) is 4.52. The molecular weight excluding hydrogens is 273 g/mol. The van der Waals surface area contributed by atoms with Crippen molar-refractivity contribution < 1.29 is 13.7 Å². The predicted octanol–water partition coefficient (Wildman–Crippen LogP) is 4.75. The second-order valence-corrected chi connectivity index (χ2v) is 5.17. The zero-order valence-corrected chi connectivity index (χ0v) is 11.9. The van der Waals surface area contributed by atoms with Crippen LogP contribution in [0.3, 0.4) is 0 Å². The van der Waals surface area contributed by atoms with Crippen molar-refractivity contribution in [3.05, 3.63) is 63.8 Å². The molecule has 0 bridgehead atoms. The van der Waals surface area contributed by atoms with Crippen molar-refractivity contribution in [3.63, 3.8) is 0 Å². The summed E-state index contributed by atoms with van der Waals surface area (Å²) in [7, 11) is 0. The molecule has 0 aliphatic carbocycles. The van der Waals surface area contributed by atoms with E-state index in [0.717, 1.165) is 0 Å². The molecule has 1 aromatic heterocycles. The molecule has 0 N–H and O–H groups in total. The highest BCUT2D eigenvalue weighted by Crippen LogP contribution is 2.26. The molecule has 0 spiro atoms. The van der Waals surface area contributed by atoms with Crippen LogP contribution >= 0.6 is 0 Å². The normalized spacial score (nSPS) is 11.9. The van der Waals surface area contributed by atoms with E-state index in [1.807, 2.05) is 13.8 Å². The Hall–Kier alpha value is -2.43. The lowest BCUT2D eigenvalue weighted by molar-refractivity contribution is -0.427. The van der Waals surface area contributed by atoms with E-state index in [-0.39, 0.29) is 17.4 Å². The van der Waals surface area contributed by atoms with E-state index in [1.54, 1.807) is 30.3 Å². The Morgan fingerprint density at radius 2 is 2.05 bits per heavy atom. The maximum atomic E-state index is 13.7. The first kappa shape index (κ1) is 15.0. The SMILES string of the molecule is CC(C)CC(=Cc1ccc(-c2ccccc2F)o1)[N+](=O)[O-]. The smallest absolute Gasteiger partial charge is 0.250 e. The molecule has 0 aliphatic heterocycles. The summed E-state index contributed by atoms with van der Waals surface area (Å²) >= 11 is 0. The summed E-state index contributed by atoms with van der Waals surface area (Å²) in [5.41, 5.74) is 0.420. The van der Waals surface area contributed by atoms with E-state index in [1.165, 1.54) is 12.1 Å². The fourth-order valence-corrected chi connectivity index (χ4v) is 2.00. The van der Waals surface area contributed by atoms with Crippen LogP contribution < -0.4 is 0 Å². The first-order valence-electron chi connectivity index (χ1n) is 6.67. The summed E-state index contributed by atoms with van der Waals surface area (Å²) in [6.07, 6.45) is 1.74. The number of hydrogen-bond acceptors (Lipinski definition) is 3. The number of allylic oxidation sites excluding steroid dienone is 1. The molecule has 0 unspecified atom stereocenters. The van der Waals surface area contributed by atoms with Crippen LogP contribution in [0.2, 0.25) is 0 Å². The van der Waals surface area contributed by atoms with Crippen LogP contribution in [0.5, 0.6) is 0 Å². The molecule has 0 atom stereocenters. The fourth-order valence-electron chi connectivity index (χ4n) is 2.00. The molecule has 0 saturated heterocycles. The molecule has 1 aromatic carbocycles. The molecule has 5 heteroatoms. The van der Waals surface area contributed by atoms with Crippen molar-refractivity contribution in [2.75, 3.05) is 0 Å². The van der Waals surface area contributed by atoms with Crippen LogP contribution in [-0.4, -0.2) is 4.92 Å². The van der Waals surface area contributed by atoms with Crippen LogP contribution in [0.15, 0.2) is 46.5 Å². The van der Waals surface area contributed by atoms with Crippen LogP contribution in [0.4, 0.5) is 4.39 Å². The molecule has 21 heavy (non-hydrogen) atoms. The number of rotatable bonds is 5. The molecule has 2 aromatic rings. The van der Waals surface area contributed by atoms with Gasteiger partial charge in [-0.1, -0.05) is 26.0 Å². The molecule has 0 amide bonds. The van der Waals surface area contributed by atoms with Crippen LogP contribution in [0.1, 0.15) is 26.0 Å². The molecule has 0 fully saturated rings. The standard InChI is InChI=1S/C16H16FNO3/c1-11(2)9-12(18(19)20)10-13-7-8-16(21-13)14-5-3-4-6-15(14)17/h3-8,10-11H,9H2,1-2H3. The van der Waals surface area contributed by atoms with Crippen LogP contribution in [0.25, 0.3) is 17.4 Å². The van der Waals surface area contributed by atoms with E-state index >= 15 is 0 Å². The number of furan rings is 1. The number of halogens is 1. The Morgan fingerprint density at radius 1 is 1.33 bits per heavy atom.